The Morgan fingerprint density at radius 3 is 2.51 bits per heavy atom. The van der Waals surface area contributed by atoms with Crippen LogP contribution in [0.3, 0.4) is 0 Å². The number of nitrogens with one attached hydrogen (secondary N) is 2. The van der Waals surface area contributed by atoms with Crippen LogP contribution in [0.15, 0.2) is 85.7 Å². The summed E-state index contributed by atoms with van der Waals surface area (Å²) in [5, 5.41) is 15.2. The zero-order valence-electron chi connectivity index (χ0n) is 18.6. The number of nitrogens with zero attached hydrogens (tertiary/aromatic N) is 2. The van der Waals surface area contributed by atoms with Crippen molar-refractivity contribution in [2.45, 2.75) is 0 Å². The summed E-state index contributed by atoms with van der Waals surface area (Å²) in [4.78, 5) is 32.8. The molecule has 176 valence electrons. The first kappa shape index (κ1) is 23.4. The molecule has 2 heterocycles. The summed E-state index contributed by atoms with van der Waals surface area (Å²) in [6.45, 7) is 3.34. The van der Waals surface area contributed by atoms with Crippen molar-refractivity contribution < 1.29 is 24.2 Å². The van der Waals surface area contributed by atoms with Crippen molar-refractivity contribution in [3.8, 4) is 17.2 Å². The lowest BCUT2D eigenvalue weighted by Gasteiger charge is -2.14. The number of hydrogen-bond acceptors (Lipinski definition) is 7. The lowest BCUT2D eigenvalue weighted by Crippen LogP contribution is -2.12. The molecule has 9 heteroatoms. The number of fused-ring (bicyclic) bond motifs is 1. The van der Waals surface area contributed by atoms with Gasteiger partial charge >= 0.3 is 0 Å². The van der Waals surface area contributed by atoms with Gasteiger partial charge in [-0.3, -0.25) is 14.6 Å². The maximum absolute atomic E-state index is 12.4. The molecule has 0 spiro atoms. The Morgan fingerprint density at radius 1 is 0.971 bits per heavy atom. The van der Waals surface area contributed by atoms with E-state index in [0.29, 0.717) is 45.2 Å². The highest BCUT2D eigenvalue weighted by molar-refractivity contribution is 6.04. The van der Waals surface area contributed by atoms with Gasteiger partial charge in [-0.25, -0.2) is 4.98 Å². The predicted octanol–water partition coefficient (Wildman–Crippen LogP) is 4.17. The predicted molar refractivity (Wildman–Crippen MR) is 132 cm³/mol. The summed E-state index contributed by atoms with van der Waals surface area (Å²) in [7, 11) is 0. The second-order valence-corrected chi connectivity index (χ2v) is 7.24. The Balaban J connectivity index is 1.58. The van der Waals surface area contributed by atoms with E-state index in [0.717, 1.165) is 6.08 Å². The minimum atomic E-state index is -0.413. The third-order valence-electron chi connectivity index (χ3n) is 4.85. The van der Waals surface area contributed by atoms with E-state index in [2.05, 4.69) is 27.2 Å². The summed E-state index contributed by atoms with van der Waals surface area (Å²) in [5.41, 5.74) is 1.40. The van der Waals surface area contributed by atoms with Gasteiger partial charge in [-0.15, -0.1) is 0 Å². The van der Waals surface area contributed by atoms with E-state index >= 15 is 0 Å². The molecule has 9 nitrogen and oxygen atoms in total. The first-order valence-corrected chi connectivity index (χ1v) is 10.7. The molecule has 2 amide bonds. The van der Waals surface area contributed by atoms with Crippen molar-refractivity contribution in [1.29, 1.82) is 0 Å². The van der Waals surface area contributed by atoms with Crippen molar-refractivity contribution in [3.05, 3.63) is 91.3 Å². The molecule has 4 rings (SSSR count). The fourth-order valence-corrected chi connectivity index (χ4v) is 3.22. The molecule has 0 atom stereocenters. The van der Waals surface area contributed by atoms with E-state index < -0.39 is 5.91 Å². The number of rotatable bonds is 9. The number of carbonyl (C=O) groups is 2. The standard InChI is InChI=1S/C26H22N4O5/c1-2-25(32)29-21-15-19-20(16-23(21)34-14-13-31)27-12-10-22(19)35-18-8-6-17(7-9-18)26(33)30-24-5-3-4-11-28-24/h2-12,15-16,31H,1,13-14H2,(H,29,32)(H,28,30,33). The molecular weight excluding hydrogens is 448 g/mol. The SMILES string of the molecule is C=CC(=O)Nc1cc2c(Oc3ccc(C(=O)Nc4ccccn4)cc3)ccnc2cc1OCCO. The Kier molecular flexibility index (Phi) is 7.29. The second kappa shape index (κ2) is 10.9. The van der Waals surface area contributed by atoms with Crippen molar-refractivity contribution in [3.63, 3.8) is 0 Å². The fraction of sp³-hybridized carbons (Fsp3) is 0.0769. The van der Waals surface area contributed by atoms with Crippen molar-refractivity contribution in [2.24, 2.45) is 0 Å². The number of amides is 2. The molecule has 2 aromatic carbocycles. The van der Waals surface area contributed by atoms with Gasteiger partial charge in [-0.1, -0.05) is 12.6 Å². The molecule has 0 fully saturated rings. The molecule has 0 saturated carbocycles. The average Bonchev–Trinajstić information content (AvgIpc) is 2.88. The Hall–Kier alpha value is -4.76. The maximum Gasteiger partial charge on any atom is 0.256 e. The number of ether oxygens (including phenoxy) is 2. The normalized spacial score (nSPS) is 10.4. The van der Waals surface area contributed by atoms with Crippen LogP contribution in [0.5, 0.6) is 17.2 Å². The third kappa shape index (κ3) is 5.79. The van der Waals surface area contributed by atoms with Gasteiger partial charge in [0.2, 0.25) is 5.91 Å². The van der Waals surface area contributed by atoms with Gasteiger partial charge in [-0.2, -0.15) is 0 Å². The highest BCUT2D eigenvalue weighted by Gasteiger charge is 2.14. The molecule has 0 radical (unpaired) electrons. The summed E-state index contributed by atoms with van der Waals surface area (Å²) in [5.74, 6) is 1.11. The van der Waals surface area contributed by atoms with Crippen LogP contribution in [0.4, 0.5) is 11.5 Å². The summed E-state index contributed by atoms with van der Waals surface area (Å²) in [6, 6.07) is 16.9. The van der Waals surface area contributed by atoms with Crippen molar-refractivity contribution in [2.75, 3.05) is 23.8 Å². The molecule has 0 unspecified atom stereocenters. The number of anilines is 2. The van der Waals surface area contributed by atoms with Gasteiger partial charge in [0.05, 0.1) is 17.8 Å². The lowest BCUT2D eigenvalue weighted by molar-refractivity contribution is -0.111. The van der Waals surface area contributed by atoms with Gasteiger partial charge < -0.3 is 25.2 Å². The number of pyridine rings is 2. The minimum Gasteiger partial charge on any atom is -0.489 e. The maximum atomic E-state index is 12.4. The Labute approximate surface area is 201 Å². The number of aliphatic hydroxyl groups is 1. The van der Waals surface area contributed by atoms with Crippen LogP contribution in [0.1, 0.15) is 10.4 Å². The van der Waals surface area contributed by atoms with Crippen LogP contribution in [0.2, 0.25) is 0 Å². The lowest BCUT2D eigenvalue weighted by atomic mass is 10.1. The van der Waals surface area contributed by atoms with E-state index in [4.69, 9.17) is 14.6 Å². The van der Waals surface area contributed by atoms with Gasteiger partial charge in [-0.05, 0) is 54.6 Å². The first-order valence-electron chi connectivity index (χ1n) is 10.7. The average molecular weight is 470 g/mol. The second-order valence-electron chi connectivity index (χ2n) is 7.24. The van der Waals surface area contributed by atoms with E-state index in [-0.39, 0.29) is 19.1 Å². The summed E-state index contributed by atoms with van der Waals surface area (Å²) >= 11 is 0. The van der Waals surface area contributed by atoms with E-state index in [1.165, 1.54) is 0 Å². The van der Waals surface area contributed by atoms with E-state index in [1.54, 1.807) is 73.1 Å². The van der Waals surface area contributed by atoms with E-state index in [1.807, 2.05) is 0 Å². The summed E-state index contributed by atoms with van der Waals surface area (Å²) < 4.78 is 11.6. The highest BCUT2D eigenvalue weighted by atomic mass is 16.5. The zero-order chi connectivity index (χ0) is 24.6. The van der Waals surface area contributed by atoms with Crippen LogP contribution >= 0.6 is 0 Å². The molecular formula is C26H22N4O5. The van der Waals surface area contributed by atoms with Gasteiger partial charge in [0.15, 0.2) is 0 Å². The molecule has 4 aromatic rings. The Morgan fingerprint density at radius 2 is 1.80 bits per heavy atom. The fourth-order valence-electron chi connectivity index (χ4n) is 3.22. The van der Waals surface area contributed by atoms with Crippen molar-refractivity contribution in [1.82, 2.24) is 9.97 Å². The topological polar surface area (TPSA) is 123 Å². The zero-order valence-corrected chi connectivity index (χ0v) is 18.6. The number of aliphatic hydroxyl groups excluding tert-OH is 1. The molecule has 0 aliphatic rings. The third-order valence-corrected chi connectivity index (χ3v) is 4.85. The van der Waals surface area contributed by atoms with Gasteiger partial charge in [0.1, 0.15) is 29.7 Å². The highest BCUT2D eigenvalue weighted by Crippen LogP contribution is 2.36. The number of benzene rings is 2. The molecule has 0 aliphatic carbocycles. The largest absolute Gasteiger partial charge is 0.489 e. The molecule has 2 aromatic heterocycles. The number of hydrogen-bond donors (Lipinski definition) is 3. The van der Waals surface area contributed by atoms with Crippen LogP contribution < -0.4 is 20.1 Å². The molecule has 0 aliphatic heterocycles. The smallest absolute Gasteiger partial charge is 0.256 e. The molecule has 0 bridgehead atoms. The summed E-state index contributed by atoms with van der Waals surface area (Å²) in [6.07, 6.45) is 4.33. The molecule has 3 N–H and O–H groups in total. The minimum absolute atomic E-state index is 0.0545. The van der Waals surface area contributed by atoms with Crippen molar-refractivity contribution >= 4 is 34.2 Å². The Bertz CT molecular complexity index is 1360. The molecule has 35 heavy (non-hydrogen) atoms. The van der Waals surface area contributed by atoms with Gasteiger partial charge in [0, 0.05) is 29.4 Å². The quantitative estimate of drug-likeness (QED) is 0.314. The van der Waals surface area contributed by atoms with Crippen LogP contribution in [-0.4, -0.2) is 40.1 Å². The van der Waals surface area contributed by atoms with E-state index in [9.17, 15) is 9.59 Å². The number of carbonyl (C=O) groups excluding carboxylic acids is 2. The first-order chi connectivity index (χ1) is 17.1. The monoisotopic (exact) mass is 470 g/mol. The van der Waals surface area contributed by atoms with Crippen LogP contribution in [0, 0.1) is 0 Å². The van der Waals surface area contributed by atoms with Gasteiger partial charge in [0.25, 0.3) is 5.91 Å². The number of aromatic nitrogens is 2. The van der Waals surface area contributed by atoms with Crippen LogP contribution in [-0.2, 0) is 4.79 Å². The molecule has 0 saturated heterocycles. The van der Waals surface area contributed by atoms with Crippen LogP contribution in [0.25, 0.3) is 10.9 Å².